The number of para-hydroxylation sites is 1. The van der Waals surface area contributed by atoms with Gasteiger partial charge in [0.15, 0.2) is 0 Å². The second-order valence-electron chi connectivity index (χ2n) is 5.78. The fourth-order valence-corrected chi connectivity index (χ4v) is 2.85. The zero-order valence-electron chi connectivity index (χ0n) is 10.3. The molecular weight excluding hydrogens is 226 g/mol. The summed E-state index contributed by atoms with van der Waals surface area (Å²) in [7, 11) is 0. The van der Waals surface area contributed by atoms with E-state index in [1.807, 2.05) is 29.2 Å². The topological polar surface area (TPSA) is 29.5 Å². The number of fused-ring (bicyclic) bond motifs is 1. The first-order valence-electron chi connectivity index (χ1n) is 6.86. The highest BCUT2D eigenvalue weighted by molar-refractivity contribution is 5.97. The van der Waals surface area contributed by atoms with Crippen LogP contribution in [0.2, 0.25) is 0 Å². The zero-order valence-corrected chi connectivity index (χ0v) is 10.3. The molecule has 2 unspecified atom stereocenters. The number of carbonyl (C=O) groups is 1. The SMILES string of the molecule is O=C(c1ccccc1OC1CC1)N1CC2CC2C1. The van der Waals surface area contributed by atoms with Gasteiger partial charge in [0.05, 0.1) is 11.7 Å². The normalized spacial score (nSPS) is 29.0. The van der Waals surface area contributed by atoms with Crippen LogP contribution >= 0.6 is 0 Å². The molecular formula is C15H17NO2. The number of ether oxygens (including phenoxy) is 1. The van der Waals surface area contributed by atoms with Crippen molar-refractivity contribution in [3.8, 4) is 5.75 Å². The maximum absolute atomic E-state index is 12.5. The molecule has 2 aliphatic carbocycles. The van der Waals surface area contributed by atoms with Gasteiger partial charge in [-0.05, 0) is 43.2 Å². The molecule has 1 aliphatic heterocycles. The van der Waals surface area contributed by atoms with Crippen LogP contribution in [0.25, 0.3) is 0 Å². The maximum atomic E-state index is 12.5. The van der Waals surface area contributed by atoms with E-state index >= 15 is 0 Å². The predicted molar refractivity (Wildman–Crippen MR) is 67.6 cm³/mol. The third-order valence-electron chi connectivity index (χ3n) is 4.20. The van der Waals surface area contributed by atoms with Crippen molar-refractivity contribution in [1.82, 2.24) is 4.90 Å². The molecule has 2 atom stereocenters. The number of carbonyl (C=O) groups excluding carboxylic acids is 1. The van der Waals surface area contributed by atoms with E-state index < -0.39 is 0 Å². The average molecular weight is 243 g/mol. The van der Waals surface area contributed by atoms with Gasteiger partial charge in [-0.1, -0.05) is 12.1 Å². The Labute approximate surface area is 107 Å². The van der Waals surface area contributed by atoms with Crippen LogP contribution in [-0.2, 0) is 0 Å². The summed E-state index contributed by atoms with van der Waals surface area (Å²) in [6.07, 6.45) is 3.91. The first-order chi connectivity index (χ1) is 8.81. The Morgan fingerprint density at radius 3 is 2.61 bits per heavy atom. The molecule has 0 N–H and O–H groups in total. The minimum atomic E-state index is 0.151. The molecule has 0 aromatic heterocycles. The minimum absolute atomic E-state index is 0.151. The molecule has 1 aromatic carbocycles. The summed E-state index contributed by atoms with van der Waals surface area (Å²) in [6.45, 7) is 1.89. The second kappa shape index (κ2) is 3.74. The van der Waals surface area contributed by atoms with Gasteiger partial charge in [0, 0.05) is 13.1 Å². The zero-order chi connectivity index (χ0) is 12.1. The Morgan fingerprint density at radius 2 is 1.89 bits per heavy atom. The van der Waals surface area contributed by atoms with Crippen LogP contribution in [0.3, 0.4) is 0 Å². The van der Waals surface area contributed by atoms with Crippen LogP contribution in [0, 0.1) is 11.8 Å². The minimum Gasteiger partial charge on any atom is -0.490 e. The highest BCUT2D eigenvalue weighted by Gasteiger charge is 2.46. The Bertz CT molecular complexity index is 485. The van der Waals surface area contributed by atoms with E-state index in [0.29, 0.717) is 6.10 Å². The van der Waals surface area contributed by atoms with Gasteiger partial charge < -0.3 is 9.64 Å². The summed E-state index contributed by atoms with van der Waals surface area (Å²) in [4.78, 5) is 14.5. The van der Waals surface area contributed by atoms with Crippen LogP contribution in [0.1, 0.15) is 29.6 Å². The van der Waals surface area contributed by atoms with Gasteiger partial charge in [-0.15, -0.1) is 0 Å². The first-order valence-corrected chi connectivity index (χ1v) is 6.86. The summed E-state index contributed by atoms with van der Waals surface area (Å²) in [5.74, 6) is 2.49. The highest BCUT2D eigenvalue weighted by Crippen LogP contribution is 2.45. The molecule has 1 amide bonds. The molecule has 0 bridgehead atoms. The first kappa shape index (κ1) is 10.4. The third kappa shape index (κ3) is 1.78. The number of hydrogen-bond acceptors (Lipinski definition) is 2. The molecule has 0 spiro atoms. The van der Waals surface area contributed by atoms with Crippen molar-refractivity contribution >= 4 is 5.91 Å². The fourth-order valence-electron chi connectivity index (χ4n) is 2.85. The van der Waals surface area contributed by atoms with E-state index in [1.54, 1.807) is 0 Å². The monoisotopic (exact) mass is 243 g/mol. The molecule has 1 saturated heterocycles. The molecule has 1 aromatic rings. The molecule has 4 rings (SSSR count). The van der Waals surface area contributed by atoms with Crippen molar-refractivity contribution in [2.45, 2.75) is 25.4 Å². The molecule has 0 radical (unpaired) electrons. The lowest BCUT2D eigenvalue weighted by Gasteiger charge is -2.19. The van der Waals surface area contributed by atoms with E-state index in [2.05, 4.69) is 0 Å². The fraction of sp³-hybridized carbons (Fsp3) is 0.533. The van der Waals surface area contributed by atoms with Crippen LogP contribution < -0.4 is 4.74 Å². The Morgan fingerprint density at radius 1 is 1.17 bits per heavy atom. The lowest BCUT2D eigenvalue weighted by molar-refractivity contribution is 0.0770. The molecule has 1 heterocycles. The average Bonchev–Trinajstić information content (AvgIpc) is 3.31. The van der Waals surface area contributed by atoms with Gasteiger partial charge in [-0.25, -0.2) is 0 Å². The van der Waals surface area contributed by atoms with Crippen molar-refractivity contribution < 1.29 is 9.53 Å². The molecule has 94 valence electrons. The summed E-state index contributed by atoms with van der Waals surface area (Å²) in [5.41, 5.74) is 0.741. The maximum Gasteiger partial charge on any atom is 0.257 e. The van der Waals surface area contributed by atoms with Crippen LogP contribution in [-0.4, -0.2) is 30.0 Å². The summed E-state index contributed by atoms with van der Waals surface area (Å²) in [5, 5.41) is 0. The molecule has 3 heteroatoms. The Balaban J connectivity index is 1.56. The van der Waals surface area contributed by atoms with E-state index in [4.69, 9.17) is 4.74 Å². The highest BCUT2D eigenvalue weighted by atomic mass is 16.5. The van der Waals surface area contributed by atoms with Crippen LogP contribution in [0.15, 0.2) is 24.3 Å². The summed E-state index contributed by atoms with van der Waals surface area (Å²) in [6, 6.07) is 7.67. The third-order valence-corrected chi connectivity index (χ3v) is 4.20. The number of rotatable bonds is 3. The lowest BCUT2D eigenvalue weighted by Crippen LogP contribution is -2.30. The van der Waals surface area contributed by atoms with Gasteiger partial charge in [0.1, 0.15) is 5.75 Å². The molecule has 3 fully saturated rings. The Kier molecular flexibility index (Phi) is 2.16. The number of benzene rings is 1. The van der Waals surface area contributed by atoms with Gasteiger partial charge in [0.2, 0.25) is 0 Å². The van der Waals surface area contributed by atoms with Gasteiger partial charge in [-0.3, -0.25) is 4.79 Å². The van der Waals surface area contributed by atoms with Crippen molar-refractivity contribution in [2.75, 3.05) is 13.1 Å². The second-order valence-corrected chi connectivity index (χ2v) is 5.78. The smallest absolute Gasteiger partial charge is 0.257 e. The predicted octanol–water partition coefficient (Wildman–Crippen LogP) is 2.32. The van der Waals surface area contributed by atoms with Crippen molar-refractivity contribution in [2.24, 2.45) is 11.8 Å². The largest absolute Gasteiger partial charge is 0.490 e. The van der Waals surface area contributed by atoms with Crippen molar-refractivity contribution in [3.05, 3.63) is 29.8 Å². The lowest BCUT2D eigenvalue weighted by atomic mass is 10.1. The van der Waals surface area contributed by atoms with E-state index in [1.165, 1.54) is 6.42 Å². The van der Waals surface area contributed by atoms with Crippen LogP contribution in [0.5, 0.6) is 5.75 Å². The van der Waals surface area contributed by atoms with Crippen molar-refractivity contribution in [1.29, 1.82) is 0 Å². The van der Waals surface area contributed by atoms with Gasteiger partial charge in [0.25, 0.3) is 5.91 Å². The number of amides is 1. The number of nitrogens with zero attached hydrogens (tertiary/aromatic N) is 1. The Hall–Kier alpha value is -1.51. The van der Waals surface area contributed by atoms with E-state index in [0.717, 1.165) is 49.1 Å². The molecule has 2 saturated carbocycles. The van der Waals surface area contributed by atoms with E-state index in [-0.39, 0.29) is 5.91 Å². The van der Waals surface area contributed by atoms with Gasteiger partial charge in [-0.2, -0.15) is 0 Å². The quantitative estimate of drug-likeness (QED) is 0.815. The van der Waals surface area contributed by atoms with E-state index in [9.17, 15) is 4.79 Å². The number of piperidine rings is 1. The summed E-state index contributed by atoms with van der Waals surface area (Å²) >= 11 is 0. The van der Waals surface area contributed by atoms with Crippen LogP contribution in [0.4, 0.5) is 0 Å². The number of likely N-dealkylation sites (tertiary alicyclic amines) is 1. The standard InChI is InChI=1S/C15H17NO2/c17-15(16-8-10-7-11(10)9-16)13-3-1-2-4-14(13)18-12-5-6-12/h1-4,10-12H,5-9H2. The van der Waals surface area contributed by atoms with Gasteiger partial charge >= 0.3 is 0 Å². The molecule has 3 aliphatic rings. The molecule has 18 heavy (non-hydrogen) atoms. The molecule has 3 nitrogen and oxygen atoms in total. The summed E-state index contributed by atoms with van der Waals surface area (Å²) < 4.78 is 5.83. The number of hydrogen-bond donors (Lipinski definition) is 0. The van der Waals surface area contributed by atoms with Crippen molar-refractivity contribution in [3.63, 3.8) is 0 Å².